The molecule has 0 amide bonds. The first-order valence-corrected chi connectivity index (χ1v) is 7.77. The lowest BCUT2D eigenvalue weighted by atomic mass is 10.0. The number of ether oxygens (including phenoxy) is 1. The predicted molar refractivity (Wildman–Crippen MR) is 93.8 cm³/mol. The summed E-state index contributed by atoms with van der Waals surface area (Å²) in [6.45, 7) is 2.43. The second-order valence-corrected chi connectivity index (χ2v) is 5.51. The van der Waals surface area contributed by atoms with Crippen LogP contribution in [0.15, 0.2) is 51.7 Å². The maximum Gasteiger partial charge on any atom is 0.336 e. The fourth-order valence-corrected chi connectivity index (χ4v) is 2.67. The van der Waals surface area contributed by atoms with E-state index in [1.165, 1.54) is 12.1 Å². The van der Waals surface area contributed by atoms with E-state index in [-0.39, 0.29) is 5.75 Å². The minimum Gasteiger partial charge on any atom is -0.508 e. The smallest absolute Gasteiger partial charge is 0.336 e. The molecule has 1 heterocycles. The second kappa shape index (κ2) is 6.66. The van der Waals surface area contributed by atoms with Crippen LogP contribution in [0.3, 0.4) is 0 Å². The number of rotatable bonds is 5. The Morgan fingerprint density at radius 1 is 1.17 bits per heavy atom. The summed E-state index contributed by atoms with van der Waals surface area (Å²) in [5.41, 5.74) is 2.48. The highest BCUT2D eigenvalue weighted by Gasteiger charge is 2.10. The second-order valence-electron chi connectivity index (χ2n) is 5.51. The van der Waals surface area contributed by atoms with Crippen LogP contribution in [0.5, 0.6) is 11.5 Å². The molecule has 0 atom stereocenters. The number of hydrogen-bond donors (Lipinski definition) is 2. The Morgan fingerprint density at radius 2 is 2.00 bits per heavy atom. The van der Waals surface area contributed by atoms with Gasteiger partial charge in [-0.15, -0.1) is 0 Å². The zero-order chi connectivity index (χ0) is 17.1. The minimum absolute atomic E-state index is 0.144. The molecule has 124 valence electrons. The monoisotopic (exact) mass is 325 g/mol. The Labute approximate surface area is 139 Å². The van der Waals surface area contributed by atoms with Crippen molar-refractivity contribution in [2.45, 2.75) is 19.9 Å². The molecule has 3 rings (SSSR count). The van der Waals surface area contributed by atoms with Crippen molar-refractivity contribution in [2.75, 3.05) is 12.4 Å². The highest BCUT2D eigenvalue weighted by Crippen LogP contribution is 2.27. The van der Waals surface area contributed by atoms with Crippen LogP contribution in [0.4, 0.5) is 5.69 Å². The van der Waals surface area contributed by atoms with Gasteiger partial charge in [-0.2, -0.15) is 0 Å². The molecule has 3 aromatic rings. The number of benzene rings is 2. The van der Waals surface area contributed by atoms with E-state index in [1.807, 2.05) is 37.3 Å². The van der Waals surface area contributed by atoms with Crippen LogP contribution in [0, 0.1) is 0 Å². The van der Waals surface area contributed by atoms with Gasteiger partial charge >= 0.3 is 5.63 Å². The third-order valence-corrected chi connectivity index (χ3v) is 3.96. The molecule has 5 nitrogen and oxygen atoms in total. The van der Waals surface area contributed by atoms with Gasteiger partial charge in [0.25, 0.3) is 0 Å². The van der Waals surface area contributed by atoms with Crippen molar-refractivity contribution in [3.05, 3.63) is 64.0 Å². The van der Waals surface area contributed by atoms with E-state index in [0.29, 0.717) is 18.5 Å². The molecule has 5 heteroatoms. The standard InChI is InChI=1S/C19H19NO4/c1-3-12-7-16-13(8-19(22)24-18(16)10-17(12)21)11-20-14-5-4-6-15(9-14)23-2/h4-10,20-21H,3,11H2,1-2H3. The molecule has 0 aliphatic rings. The van der Waals surface area contributed by atoms with Gasteiger partial charge in [0.05, 0.1) is 7.11 Å². The summed E-state index contributed by atoms with van der Waals surface area (Å²) in [5.74, 6) is 0.904. The maximum absolute atomic E-state index is 11.8. The predicted octanol–water partition coefficient (Wildman–Crippen LogP) is 3.68. The van der Waals surface area contributed by atoms with Crippen molar-refractivity contribution >= 4 is 16.7 Å². The highest BCUT2D eigenvalue weighted by molar-refractivity contribution is 5.83. The molecule has 0 radical (unpaired) electrons. The molecule has 2 N–H and O–H groups in total. The Kier molecular flexibility index (Phi) is 4.42. The fraction of sp³-hybridized carbons (Fsp3) is 0.211. The van der Waals surface area contributed by atoms with E-state index in [2.05, 4.69) is 5.32 Å². The molecule has 2 aromatic carbocycles. The number of aryl methyl sites for hydroxylation is 1. The van der Waals surface area contributed by atoms with Crippen LogP contribution in [-0.2, 0) is 13.0 Å². The normalized spacial score (nSPS) is 10.8. The zero-order valence-corrected chi connectivity index (χ0v) is 13.6. The molecule has 1 aromatic heterocycles. The molecule has 0 fully saturated rings. The Bertz CT molecular complexity index is 930. The summed E-state index contributed by atoms with van der Waals surface area (Å²) in [6.07, 6.45) is 0.698. The SMILES string of the molecule is CCc1cc2c(CNc3cccc(OC)c3)cc(=O)oc2cc1O. The van der Waals surface area contributed by atoms with E-state index >= 15 is 0 Å². The van der Waals surface area contributed by atoms with Gasteiger partial charge < -0.3 is 19.6 Å². The van der Waals surface area contributed by atoms with Crippen LogP contribution in [-0.4, -0.2) is 12.2 Å². The molecule has 0 bridgehead atoms. The van der Waals surface area contributed by atoms with Crippen LogP contribution >= 0.6 is 0 Å². The van der Waals surface area contributed by atoms with Gasteiger partial charge in [-0.25, -0.2) is 4.79 Å². The summed E-state index contributed by atoms with van der Waals surface area (Å²) in [5, 5.41) is 14.1. The maximum atomic E-state index is 11.8. The summed E-state index contributed by atoms with van der Waals surface area (Å²) in [4.78, 5) is 11.8. The molecule has 0 unspecified atom stereocenters. The van der Waals surface area contributed by atoms with E-state index in [9.17, 15) is 9.90 Å². The molecule has 0 saturated heterocycles. The van der Waals surface area contributed by atoms with Crippen molar-refractivity contribution in [1.82, 2.24) is 0 Å². The molecule has 24 heavy (non-hydrogen) atoms. The summed E-state index contributed by atoms with van der Waals surface area (Å²) >= 11 is 0. The lowest BCUT2D eigenvalue weighted by molar-refractivity contribution is 0.415. The lowest BCUT2D eigenvalue weighted by Gasteiger charge is -2.11. The number of fused-ring (bicyclic) bond motifs is 1. The van der Waals surface area contributed by atoms with Gasteiger partial charge in [-0.3, -0.25) is 0 Å². The van der Waals surface area contributed by atoms with Crippen molar-refractivity contribution < 1.29 is 14.3 Å². The van der Waals surface area contributed by atoms with E-state index in [4.69, 9.17) is 9.15 Å². The Hall–Kier alpha value is -2.95. The number of aromatic hydroxyl groups is 1. The number of methoxy groups -OCH3 is 1. The van der Waals surface area contributed by atoms with Gasteiger partial charge in [0.1, 0.15) is 17.1 Å². The summed E-state index contributed by atoms with van der Waals surface area (Å²) < 4.78 is 10.4. The number of phenolic OH excluding ortho intramolecular Hbond substituents is 1. The fourth-order valence-electron chi connectivity index (χ4n) is 2.67. The van der Waals surface area contributed by atoms with Gasteiger partial charge in [0, 0.05) is 35.8 Å². The van der Waals surface area contributed by atoms with Crippen molar-refractivity contribution in [1.29, 1.82) is 0 Å². The van der Waals surface area contributed by atoms with E-state index < -0.39 is 5.63 Å². The van der Waals surface area contributed by atoms with Crippen molar-refractivity contribution in [3.63, 3.8) is 0 Å². The molecular formula is C19H19NO4. The van der Waals surface area contributed by atoms with E-state index in [0.717, 1.165) is 28.0 Å². The van der Waals surface area contributed by atoms with Crippen molar-refractivity contribution in [2.24, 2.45) is 0 Å². The summed E-state index contributed by atoms with van der Waals surface area (Å²) in [7, 11) is 1.62. The van der Waals surface area contributed by atoms with Gasteiger partial charge in [-0.05, 0) is 35.7 Å². The topological polar surface area (TPSA) is 71.7 Å². The average molecular weight is 325 g/mol. The van der Waals surface area contributed by atoms with Crippen molar-refractivity contribution in [3.8, 4) is 11.5 Å². The molecule has 0 saturated carbocycles. The quantitative estimate of drug-likeness (QED) is 0.700. The largest absolute Gasteiger partial charge is 0.508 e. The summed E-state index contributed by atoms with van der Waals surface area (Å²) in [6, 6.07) is 12.4. The number of hydrogen-bond acceptors (Lipinski definition) is 5. The minimum atomic E-state index is -0.436. The molecule has 0 aliphatic heterocycles. The average Bonchev–Trinajstić information content (AvgIpc) is 2.59. The van der Waals surface area contributed by atoms with Gasteiger partial charge in [0.2, 0.25) is 0 Å². The molecular weight excluding hydrogens is 306 g/mol. The number of phenols is 1. The first kappa shape index (κ1) is 15.9. The van der Waals surface area contributed by atoms with E-state index in [1.54, 1.807) is 7.11 Å². The van der Waals surface area contributed by atoms with Crippen LogP contribution < -0.4 is 15.7 Å². The van der Waals surface area contributed by atoms with Gasteiger partial charge in [-0.1, -0.05) is 13.0 Å². The highest BCUT2D eigenvalue weighted by atomic mass is 16.5. The Balaban J connectivity index is 1.97. The lowest BCUT2D eigenvalue weighted by Crippen LogP contribution is -2.06. The van der Waals surface area contributed by atoms with Crippen LogP contribution in [0.2, 0.25) is 0 Å². The zero-order valence-electron chi connectivity index (χ0n) is 13.6. The molecule has 0 aliphatic carbocycles. The number of anilines is 1. The van der Waals surface area contributed by atoms with Gasteiger partial charge in [0.15, 0.2) is 0 Å². The first-order valence-electron chi connectivity index (χ1n) is 7.77. The Morgan fingerprint density at radius 3 is 2.75 bits per heavy atom. The molecule has 0 spiro atoms. The van der Waals surface area contributed by atoms with Crippen LogP contribution in [0.1, 0.15) is 18.1 Å². The third-order valence-electron chi connectivity index (χ3n) is 3.96. The third kappa shape index (κ3) is 3.20. The number of nitrogens with one attached hydrogen (secondary N) is 1. The van der Waals surface area contributed by atoms with Crippen LogP contribution in [0.25, 0.3) is 11.0 Å². The first-order chi connectivity index (χ1) is 11.6.